The van der Waals surface area contributed by atoms with Crippen molar-refractivity contribution in [3.05, 3.63) is 51.7 Å². The predicted octanol–water partition coefficient (Wildman–Crippen LogP) is 4.10. The molecule has 7 nitrogen and oxygen atoms in total. The van der Waals surface area contributed by atoms with E-state index in [1.54, 1.807) is 24.4 Å². The molecule has 5 rings (SSSR count). The van der Waals surface area contributed by atoms with E-state index in [9.17, 15) is 4.79 Å². The van der Waals surface area contributed by atoms with Crippen molar-refractivity contribution in [1.29, 1.82) is 0 Å². The monoisotopic (exact) mass is 417 g/mol. The van der Waals surface area contributed by atoms with Gasteiger partial charge in [-0.2, -0.15) is 4.98 Å². The third kappa shape index (κ3) is 3.08. The van der Waals surface area contributed by atoms with E-state index < -0.39 is 0 Å². The van der Waals surface area contributed by atoms with Gasteiger partial charge in [-0.3, -0.25) is 4.79 Å². The van der Waals surface area contributed by atoms with Gasteiger partial charge < -0.3 is 14.4 Å². The van der Waals surface area contributed by atoms with E-state index in [-0.39, 0.29) is 17.9 Å². The number of aromatic amines is 1. The Labute approximate surface area is 171 Å². The fraction of sp³-hybridized carbons (Fsp3) is 0.368. The van der Waals surface area contributed by atoms with Crippen LogP contribution in [-0.2, 0) is 6.42 Å². The van der Waals surface area contributed by atoms with E-state index in [4.69, 9.17) is 27.7 Å². The second-order valence-electron chi connectivity index (χ2n) is 7.24. The van der Waals surface area contributed by atoms with Crippen LogP contribution in [0.5, 0.6) is 0 Å². The first kappa shape index (κ1) is 17.7. The van der Waals surface area contributed by atoms with Gasteiger partial charge in [-0.05, 0) is 43.9 Å². The Morgan fingerprint density at radius 3 is 2.89 bits per heavy atom. The van der Waals surface area contributed by atoms with Gasteiger partial charge in [0.05, 0.1) is 27.9 Å². The summed E-state index contributed by atoms with van der Waals surface area (Å²) < 4.78 is 5.51. The van der Waals surface area contributed by atoms with E-state index in [0.29, 0.717) is 39.7 Å². The summed E-state index contributed by atoms with van der Waals surface area (Å²) in [5, 5.41) is 5.07. The Hall–Kier alpha value is -2.38. The fourth-order valence-corrected chi connectivity index (χ4v) is 4.43. The number of piperidine rings is 1. The van der Waals surface area contributed by atoms with Gasteiger partial charge in [-0.1, -0.05) is 28.4 Å². The first-order valence-electron chi connectivity index (χ1n) is 9.23. The number of carbonyl (C=O) groups is 1. The van der Waals surface area contributed by atoms with E-state index >= 15 is 0 Å². The number of H-pyrrole nitrogens is 1. The molecule has 3 aromatic rings. The molecule has 0 aromatic carbocycles. The number of carbonyl (C=O) groups excluding carboxylic acids is 1. The summed E-state index contributed by atoms with van der Waals surface area (Å²) in [5.41, 5.74) is 2.13. The van der Waals surface area contributed by atoms with E-state index in [1.165, 1.54) is 0 Å². The number of nitrogens with one attached hydrogen (secondary N) is 1. The molecule has 0 spiro atoms. The van der Waals surface area contributed by atoms with E-state index in [2.05, 4.69) is 20.1 Å². The third-order valence-corrected chi connectivity index (χ3v) is 5.96. The minimum absolute atomic E-state index is 0.00209. The van der Waals surface area contributed by atoms with Crippen LogP contribution in [0.2, 0.25) is 10.2 Å². The van der Waals surface area contributed by atoms with Gasteiger partial charge in [0, 0.05) is 18.8 Å². The molecule has 1 fully saturated rings. The van der Waals surface area contributed by atoms with E-state index in [1.807, 2.05) is 4.90 Å². The number of amides is 1. The highest BCUT2D eigenvalue weighted by molar-refractivity contribution is 6.30. The first-order chi connectivity index (χ1) is 13.6. The Morgan fingerprint density at radius 2 is 2.07 bits per heavy atom. The lowest BCUT2D eigenvalue weighted by molar-refractivity contribution is 0.0570. The molecular weight excluding hydrogens is 401 g/mol. The second-order valence-corrected chi connectivity index (χ2v) is 8.06. The number of hydrogen-bond acceptors (Lipinski definition) is 5. The van der Waals surface area contributed by atoms with Crippen molar-refractivity contribution in [3.8, 4) is 11.5 Å². The van der Waals surface area contributed by atoms with Crippen molar-refractivity contribution in [2.24, 2.45) is 0 Å². The molecule has 2 atom stereocenters. The SMILES string of the molecule is O=C1c2ccc(Cl)nc2CCC2CCC(c3nc(-c4cc(Cl)c[nH]4)no3)CN12. The van der Waals surface area contributed by atoms with Gasteiger partial charge in [-0.25, -0.2) is 4.98 Å². The number of pyridine rings is 1. The van der Waals surface area contributed by atoms with Crippen LogP contribution >= 0.6 is 23.2 Å². The van der Waals surface area contributed by atoms with Gasteiger partial charge in [0.25, 0.3) is 5.91 Å². The van der Waals surface area contributed by atoms with Crippen LogP contribution < -0.4 is 0 Å². The lowest BCUT2D eigenvalue weighted by atomic mass is 9.91. The Kier molecular flexibility index (Phi) is 4.36. The largest absolute Gasteiger partial charge is 0.357 e. The number of aromatic nitrogens is 4. The molecular formula is C19H17Cl2N5O2. The second kappa shape index (κ2) is 6.90. The molecule has 0 radical (unpaired) electrons. The lowest BCUT2D eigenvalue weighted by Crippen LogP contribution is -2.45. The van der Waals surface area contributed by atoms with Gasteiger partial charge >= 0.3 is 0 Å². The minimum Gasteiger partial charge on any atom is -0.357 e. The lowest BCUT2D eigenvalue weighted by Gasteiger charge is -2.37. The van der Waals surface area contributed by atoms with Crippen LogP contribution in [0.4, 0.5) is 0 Å². The summed E-state index contributed by atoms with van der Waals surface area (Å²) in [4.78, 5) is 27.0. The highest BCUT2D eigenvalue weighted by atomic mass is 35.5. The normalized spacial score (nSPS) is 21.9. The molecule has 2 unspecified atom stereocenters. The first-order valence-corrected chi connectivity index (χ1v) is 9.98. The Bertz CT molecular complexity index is 1050. The van der Waals surface area contributed by atoms with Crippen LogP contribution in [0.3, 0.4) is 0 Å². The molecule has 0 bridgehead atoms. The smallest absolute Gasteiger partial charge is 0.255 e. The highest BCUT2D eigenvalue weighted by Gasteiger charge is 2.37. The molecule has 2 aliphatic heterocycles. The van der Waals surface area contributed by atoms with Gasteiger partial charge in [0.1, 0.15) is 5.15 Å². The standard InChI is InChI=1S/C19H17Cl2N5O2/c20-11-7-15(22-8-11)17-24-18(28-25-17)10-1-2-12-3-5-14-13(4-6-16(21)23-14)19(27)26(12)9-10/h4,6-8,10,12,22H,1-3,5,9H2. The number of rotatable bonds is 2. The number of halogens is 2. The highest BCUT2D eigenvalue weighted by Crippen LogP contribution is 2.35. The maximum atomic E-state index is 13.1. The Balaban J connectivity index is 1.40. The quantitative estimate of drug-likeness (QED) is 0.633. The molecule has 144 valence electrons. The maximum Gasteiger partial charge on any atom is 0.255 e. The molecule has 0 aliphatic carbocycles. The van der Waals surface area contributed by atoms with Crippen molar-refractivity contribution in [2.45, 2.75) is 37.6 Å². The molecule has 9 heteroatoms. The molecule has 1 amide bonds. The summed E-state index contributed by atoms with van der Waals surface area (Å²) in [6.07, 6.45) is 5.10. The van der Waals surface area contributed by atoms with Crippen LogP contribution in [0.1, 0.15) is 47.1 Å². The van der Waals surface area contributed by atoms with Crippen LogP contribution in [0.25, 0.3) is 11.5 Å². The van der Waals surface area contributed by atoms with Crippen molar-refractivity contribution < 1.29 is 9.32 Å². The molecule has 1 N–H and O–H groups in total. The molecule has 0 saturated carbocycles. The fourth-order valence-electron chi connectivity index (χ4n) is 4.10. The Morgan fingerprint density at radius 1 is 1.18 bits per heavy atom. The maximum absolute atomic E-state index is 13.1. The summed E-state index contributed by atoms with van der Waals surface area (Å²) >= 11 is 12.0. The van der Waals surface area contributed by atoms with Crippen molar-refractivity contribution in [3.63, 3.8) is 0 Å². The zero-order valence-electron chi connectivity index (χ0n) is 14.9. The zero-order valence-corrected chi connectivity index (χ0v) is 16.4. The summed E-state index contributed by atoms with van der Waals surface area (Å²) in [5.74, 6) is 1.03. The van der Waals surface area contributed by atoms with Gasteiger partial charge in [0.15, 0.2) is 0 Å². The summed E-state index contributed by atoms with van der Waals surface area (Å²) in [6, 6.07) is 5.40. The topological polar surface area (TPSA) is 87.9 Å². The number of fused-ring (bicyclic) bond motifs is 2. The molecule has 28 heavy (non-hydrogen) atoms. The van der Waals surface area contributed by atoms with Gasteiger partial charge in [0.2, 0.25) is 11.7 Å². The number of aryl methyl sites for hydroxylation is 1. The molecule has 5 heterocycles. The molecule has 1 saturated heterocycles. The average Bonchev–Trinajstić information content (AvgIpc) is 3.32. The van der Waals surface area contributed by atoms with Crippen molar-refractivity contribution in [1.82, 2.24) is 25.0 Å². The summed E-state index contributed by atoms with van der Waals surface area (Å²) in [6.45, 7) is 0.554. The van der Waals surface area contributed by atoms with Crippen molar-refractivity contribution >= 4 is 29.1 Å². The number of hydrogen-bond donors (Lipinski definition) is 1. The van der Waals surface area contributed by atoms with E-state index in [0.717, 1.165) is 31.4 Å². The van der Waals surface area contributed by atoms with Crippen LogP contribution in [0.15, 0.2) is 28.9 Å². The molecule has 3 aromatic heterocycles. The van der Waals surface area contributed by atoms with Crippen LogP contribution in [0, 0.1) is 0 Å². The summed E-state index contributed by atoms with van der Waals surface area (Å²) in [7, 11) is 0. The molecule has 2 aliphatic rings. The predicted molar refractivity (Wildman–Crippen MR) is 103 cm³/mol. The van der Waals surface area contributed by atoms with Crippen molar-refractivity contribution in [2.75, 3.05) is 6.54 Å². The van der Waals surface area contributed by atoms with Crippen LogP contribution in [-0.4, -0.2) is 43.5 Å². The van der Waals surface area contributed by atoms with Gasteiger partial charge in [-0.15, -0.1) is 0 Å². The zero-order chi connectivity index (χ0) is 19.3. The third-order valence-electron chi connectivity index (χ3n) is 5.53. The minimum atomic E-state index is 0.00209. The number of nitrogens with zero attached hydrogens (tertiary/aromatic N) is 4. The average molecular weight is 418 g/mol.